The first-order valence-electron chi connectivity index (χ1n) is 7.58. The van der Waals surface area contributed by atoms with Crippen LogP contribution in [0.25, 0.3) is 0 Å². The van der Waals surface area contributed by atoms with Crippen LogP contribution >= 0.6 is 0 Å². The summed E-state index contributed by atoms with van der Waals surface area (Å²) in [6.45, 7) is 0.220. The number of aromatic nitrogens is 1. The average molecular weight is 356 g/mol. The summed E-state index contributed by atoms with van der Waals surface area (Å²) in [6, 6.07) is 2.25. The minimum atomic E-state index is -1.57. The number of amides is 1. The van der Waals surface area contributed by atoms with E-state index in [0.29, 0.717) is 12.2 Å². The van der Waals surface area contributed by atoms with Gasteiger partial charge in [-0.05, 0) is 30.5 Å². The maximum Gasteiger partial charge on any atom is 0.409 e. The Morgan fingerprint density at radius 3 is 2.52 bits per heavy atom. The maximum absolute atomic E-state index is 13.6. The molecular weight excluding hydrogens is 341 g/mol. The van der Waals surface area contributed by atoms with E-state index in [0.717, 1.165) is 12.1 Å². The summed E-state index contributed by atoms with van der Waals surface area (Å²) >= 11 is 0. The number of halogens is 3. The van der Waals surface area contributed by atoms with Crippen molar-refractivity contribution < 1.29 is 27.2 Å². The predicted octanol–water partition coefficient (Wildman–Crippen LogP) is 3.07. The number of ether oxygens (including phenoxy) is 1. The Hall–Kier alpha value is -2.71. The molecule has 0 saturated carbocycles. The van der Waals surface area contributed by atoms with Crippen molar-refractivity contribution in [3.05, 3.63) is 57.3 Å². The molecule has 9 heteroatoms. The van der Waals surface area contributed by atoms with Crippen LogP contribution in [0.3, 0.4) is 0 Å². The van der Waals surface area contributed by atoms with Crippen LogP contribution < -0.4 is 5.56 Å². The highest BCUT2D eigenvalue weighted by Gasteiger charge is 2.36. The van der Waals surface area contributed by atoms with E-state index in [4.69, 9.17) is 9.26 Å². The molecule has 1 aromatic carbocycles. The first kappa shape index (κ1) is 17.1. The van der Waals surface area contributed by atoms with Crippen LogP contribution in [-0.2, 0) is 4.74 Å². The van der Waals surface area contributed by atoms with Crippen LogP contribution in [0.1, 0.15) is 36.1 Å². The number of methoxy groups -OCH3 is 1. The molecule has 0 bridgehead atoms. The minimum Gasteiger partial charge on any atom is -0.453 e. The second-order valence-corrected chi connectivity index (χ2v) is 5.81. The highest BCUT2D eigenvalue weighted by molar-refractivity contribution is 5.68. The lowest BCUT2D eigenvalue weighted by Gasteiger charge is -2.38. The Morgan fingerprint density at radius 1 is 1.28 bits per heavy atom. The largest absolute Gasteiger partial charge is 0.453 e. The molecule has 3 rings (SSSR count). The third-order valence-electron chi connectivity index (χ3n) is 4.35. The van der Waals surface area contributed by atoms with E-state index in [2.05, 4.69) is 5.16 Å². The fourth-order valence-electron chi connectivity index (χ4n) is 3.14. The SMILES string of the molecule is COC(=O)N1CCC(c2cc(=O)[nH]o2)CC1c1cc(F)c(F)c(F)c1. The Kier molecular flexibility index (Phi) is 4.56. The molecule has 2 heterocycles. The van der Waals surface area contributed by atoms with Crippen LogP contribution in [0.15, 0.2) is 27.5 Å². The lowest BCUT2D eigenvalue weighted by atomic mass is 9.85. The van der Waals surface area contributed by atoms with Gasteiger partial charge in [-0.2, -0.15) is 5.16 Å². The van der Waals surface area contributed by atoms with Crippen molar-refractivity contribution in [2.24, 2.45) is 0 Å². The number of carbonyl (C=O) groups excluding carboxylic acids is 1. The molecule has 25 heavy (non-hydrogen) atoms. The Bertz CT molecular complexity index is 825. The maximum atomic E-state index is 13.6. The molecule has 1 amide bonds. The number of nitrogens with zero attached hydrogens (tertiary/aromatic N) is 1. The number of likely N-dealkylation sites (tertiary alicyclic amines) is 1. The number of hydrogen-bond acceptors (Lipinski definition) is 4. The first-order valence-corrected chi connectivity index (χ1v) is 7.58. The van der Waals surface area contributed by atoms with Crippen molar-refractivity contribution in [1.29, 1.82) is 0 Å². The van der Waals surface area contributed by atoms with Gasteiger partial charge in [0.2, 0.25) is 0 Å². The third-order valence-corrected chi connectivity index (χ3v) is 4.35. The van der Waals surface area contributed by atoms with Gasteiger partial charge < -0.3 is 14.2 Å². The molecule has 1 N–H and O–H groups in total. The summed E-state index contributed by atoms with van der Waals surface area (Å²) in [5.74, 6) is -4.11. The summed E-state index contributed by atoms with van der Waals surface area (Å²) in [6.07, 6.45) is 0.0444. The zero-order valence-corrected chi connectivity index (χ0v) is 13.2. The summed E-state index contributed by atoms with van der Waals surface area (Å²) < 4.78 is 50.3. The van der Waals surface area contributed by atoms with Gasteiger partial charge in [0.05, 0.1) is 13.2 Å². The Labute approximate surface area is 140 Å². The van der Waals surface area contributed by atoms with E-state index in [1.807, 2.05) is 0 Å². The molecule has 0 aliphatic carbocycles. The number of rotatable bonds is 2. The quantitative estimate of drug-likeness (QED) is 0.839. The fraction of sp³-hybridized carbons (Fsp3) is 0.375. The molecular formula is C16H15F3N2O4. The highest BCUT2D eigenvalue weighted by Crippen LogP contribution is 2.39. The smallest absolute Gasteiger partial charge is 0.409 e. The van der Waals surface area contributed by atoms with Gasteiger partial charge in [-0.3, -0.25) is 4.79 Å². The number of hydrogen-bond donors (Lipinski definition) is 1. The topological polar surface area (TPSA) is 75.5 Å². The van der Waals surface area contributed by atoms with E-state index >= 15 is 0 Å². The summed E-state index contributed by atoms with van der Waals surface area (Å²) in [7, 11) is 1.20. The van der Waals surface area contributed by atoms with Gasteiger partial charge >= 0.3 is 6.09 Å². The van der Waals surface area contributed by atoms with Crippen LogP contribution in [0.5, 0.6) is 0 Å². The van der Waals surface area contributed by atoms with Gasteiger partial charge in [0.25, 0.3) is 5.56 Å². The number of nitrogens with one attached hydrogen (secondary N) is 1. The van der Waals surface area contributed by atoms with Crippen molar-refractivity contribution in [3.63, 3.8) is 0 Å². The predicted molar refractivity (Wildman–Crippen MR) is 79.5 cm³/mol. The fourth-order valence-corrected chi connectivity index (χ4v) is 3.14. The minimum absolute atomic E-state index is 0.101. The van der Waals surface area contributed by atoms with E-state index in [1.165, 1.54) is 18.1 Å². The molecule has 0 radical (unpaired) electrons. The molecule has 1 aromatic heterocycles. The van der Waals surface area contributed by atoms with Crippen molar-refractivity contribution in [2.75, 3.05) is 13.7 Å². The zero-order valence-electron chi connectivity index (χ0n) is 13.2. The molecule has 134 valence electrons. The van der Waals surface area contributed by atoms with Crippen molar-refractivity contribution >= 4 is 6.09 Å². The van der Waals surface area contributed by atoms with Crippen LogP contribution in [0, 0.1) is 17.5 Å². The molecule has 2 atom stereocenters. The number of carbonyl (C=O) groups is 1. The molecule has 6 nitrogen and oxygen atoms in total. The van der Waals surface area contributed by atoms with Gasteiger partial charge in [-0.1, -0.05) is 0 Å². The van der Waals surface area contributed by atoms with Crippen LogP contribution in [0.4, 0.5) is 18.0 Å². The summed E-state index contributed by atoms with van der Waals surface area (Å²) in [4.78, 5) is 24.6. The third kappa shape index (κ3) is 3.26. The molecule has 1 saturated heterocycles. The second-order valence-electron chi connectivity index (χ2n) is 5.81. The molecule has 1 aliphatic heterocycles. The zero-order chi connectivity index (χ0) is 18.1. The van der Waals surface area contributed by atoms with Gasteiger partial charge in [0.15, 0.2) is 17.5 Å². The molecule has 2 aromatic rings. The Morgan fingerprint density at radius 2 is 1.96 bits per heavy atom. The standard InChI is InChI=1S/C16H15F3N2O4/c1-24-16(23)21-3-2-8(13-7-14(22)20-25-13)6-12(21)9-4-10(17)15(19)11(18)5-9/h4-5,7-8,12H,2-3,6H2,1H3,(H,20,22). The number of H-pyrrole nitrogens is 1. The summed E-state index contributed by atoms with van der Waals surface area (Å²) in [5, 5.41) is 2.19. The molecule has 1 fully saturated rings. The normalized spacial score (nSPS) is 20.6. The lowest BCUT2D eigenvalue weighted by molar-refractivity contribution is 0.0812. The average Bonchev–Trinajstić information content (AvgIpc) is 3.04. The number of piperidine rings is 1. The van der Waals surface area contributed by atoms with E-state index in [9.17, 15) is 22.8 Å². The van der Waals surface area contributed by atoms with Crippen LogP contribution in [0.2, 0.25) is 0 Å². The monoisotopic (exact) mass is 356 g/mol. The molecule has 2 unspecified atom stereocenters. The van der Waals surface area contributed by atoms with Crippen molar-refractivity contribution in [1.82, 2.24) is 10.1 Å². The second kappa shape index (κ2) is 6.66. The van der Waals surface area contributed by atoms with Crippen molar-refractivity contribution in [3.8, 4) is 0 Å². The lowest BCUT2D eigenvalue weighted by Crippen LogP contribution is -2.40. The first-order chi connectivity index (χ1) is 11.9. The highest BCUT2D eigenvalue weighted by atomic mass is 19.2. The summed E-state index contributed by atoms with van der Waals surface area (Å²) in [5.41, 5.74) is -0.301. The number of aromatic amines is 1. The molecule has 0 spiro atoms. The van der Waals surface area contributed by atoms with Crippen LogP contribution in [-0.4, -0.2) is 29.8 Å². The van der Waals surface area contributed by atoms with Crippen molar-refractivity contribution in [2.45, 2.75) is 24.8 Å². The Balaban J connectivity index is 1.97. The van der Waals surface area contributed by atoms with Gasteiger partial charge in [-0.25, -0.2) is 18.0 Å². The van der Waals surface area contributed by atoms with Gasteiger partial charge in [0, 0.05) is 18.5 Å². The molecule has 1 aliphatic rings. The van der Waals surface area contributed by atoms with Gasteiger partial charge in [0.1, 0.15) is 5.76 Å². The van der Waals surface area contributed by atoms with E-state index < -0.39 is 35.1 Å². The van der Waals surface area contributed by atoms with E-state index in [-0.39, 0.29) is 24.4 Å². The number of benzene rings is 1. The van der Waals surface area contributed by atoms with Gasteiger partial charge in [-0.15, -0.1) is 0 Å². The van der Waals surface area contributed by atoms with E-state index in [1.54, 1.807) is 0 Å².